The molecule has 0 saturated carbocycles. The lowest BCUT2D eigenvalue weighted by molar-refractivity contribution is 0.0696. The Bertz CT molecular complexity index is 393. The first kappa shape index (κ1) is 13.5. The Labute approximate surface area is 101 Å². The first-order valence-electron chi connectivity index (χ1n) is 5.87. The van der Waals surface area contributed by atoms with Crippen LogP contribution in [0.4, 0.5) is 10.1 Å². The van der Waals surface area contributed by atoms with Crippen LogP contribution in [0.2, 0.25) is 0 Å². The van der Waals surface area contributed by atoms with E-state index in [1.54, 1.807) is 0 Å². The molecule has 1 aromatic carbocycles. The van der Waals surface area contributed by atoms with Gasteiger partial charge in [0, 0.05) is 6.04 Å². The Morgan fingerprint density at radius 3 is 2.65 bits per heavy atom. The third-order valence-corrected chi connectivity index (χ3v) is 2.71. The number of hydrogen-bond acceptors (Lipinski definition) is 2. The van der Waals surface area contributed by atoms with E-state index in [4.69, 9.17) is 5.11 Å². The predicted octanol–water partition coefficient (Wildman–Crippen LogP) is 3.51. The molecule has 1 atom stereocenters. The zero-order valence-corrected chi connectivity index (χ0v) is 10.2. The summed E-state index contributed by atoms with van der Waals surface area (Å²) in [5.41, 5.74) is 0.340. The Morgan fingerprint density at radius 1 is 1.47 bits per heavy atom. The molecule has 1 aromatic rings. The van der Waals surface area contributed by atoms with Crippen molar-refractivity contribution < 1.29 is 14.3 Å². The maximum Gasteiger partial charge on any atom is 0.335 e. The maximum absolute atomic E-state index is 13.6. The second kappa shape index (κ2) is 6.23. The number of carboxylic acid groups (broad SMARTS) is 1. The number of carbonyl (C=O) groups is 1. The summed E-state index contributed by atoms with van der Waals surface area (Å²) < 4.78 is 13.6. The van der Waals surface area contributed by atoms with Crippen molar-refractivity contribution in [2.24, 2.45) is 0 Å². The normalized spacial score (nSPS) is 12.2. The molecule has 0 bridgehead atoms. The Morgan fingerprint density at radius 2 is 2.18 bits per heavy atom. The van der Waals surface area contributed by atoms with Crippen molar-refractivity contribution in [2.45, 2.75) is 39.2 Å². The second-order valence-electron chi connectivity index (χ2n) is 4.04. The number of hydrogen-bond donors (Lipinski definition) is 2. The van der Waals surface area contributed by atoms with E-state index in [0.29, 0.717) is 5.69 Å². The van der Waals surface area contributed by atoms with Gasteiger partial charge in [0.25, 0.3) is 0 Å². The van der Waals surface area contributed by atoms with E-state index in [0.717, 1.165) is 25.3 Å². The molecule has 94 valence electrons. The van der Waals surface area contributed by atoms with Gasteiger partial charge in [-0.25, -0.2) is 9.18 Å². The molecule has 0 fully saturated rings. The predicted molar refractivity (Wildman–Crippen MR) is 66.0 cm³/mol. The van der Waals surface area contributed by atoms with Crippen LogP contribution in [0.5, 0.6) is 0 Å². The van der Waals surface area contributed by atoms with E-state index in [1.807, 2.05) is 6.92 Å². The first-order chi connectivity index (χ1) is 8.08. The molecule has 1 unspecified atom stereocenters. The van der Waals surface area contributed by atoms with Crippen LogP contribution in [0.3, 0.4) is 0 Å². The lowest BCUT2D eigenvalue weighted by Gasteiger charge is -2.18. The number of halogens is 1. The zero-order valence-electron chi connectivity index (χ0n) is 10.2. The highest BCUT2D eigenvalue weighted by molar-refractivity contribution is 5.88. The van der Waals surface area contributed by atoms with Gasteiger partial charge in [-0.1, -0.05) is 20.3 Å². The number of aromatic carboxylic acids is 1. The Kier molecular flexibility index (Phi) is 4.94. The van der Waals surface area contributed by atoms with E-state index >= 15 is 0 Å². The molecule has 0 spiro atoms. The summed E-state index contributed by atoms with van der Waals surface area (Å²) in [6.45, 7) is 4.12. The third kappa shape index (κ3) is 3.73. The van der Waals surface area contributed by atoms with Crippen molar-refractivity contribution in [1.82, 2.24) is 0 Å². The Balaban J connectivity index is 2.81. The molecule has 4 heteroatoms. The summed E-state index contributed by atoms with van der Waals surface area (Å²) in [6.07, 6.45) is 2.91. The van der Waals surface area contributed by atoms with Crippen molar-refractivity contribution in [3.63, 3.8) is 0 Å². The highest BCUT2D eigenvalue weighted by Gasteiger charge is 2.11. The van der Waals surface area contributed by atoms with Gasteiger partial charge in [0.1, 0.15) is 5.82 Å². The van der Waals surface area contributed by atoms with Gasteiger partial charge in [-0.2, -0.15) is 0 Å². The van der Waals surface area contributed by atoms with Gasteiger partial charge in [0.15, 0.2) is 0 Å². The highest BCUT2D eigenvalue weighted by Crippen LogP contribution is 2.18. The summed E-state index contributed by atoms with van der Waals surface area (Å²) in [5, 5.41) is 11.8. The quantitative estimate of drug-likeness (QED) is 0.798. The van der Waals surface area contributed by atoms with Gasteiger partial charge in [-0.05, 0) is 31.0 Å². The fraction of sp³-hybridized carbons (Fsp3) is 0.462. The minimum atomic E-state index is -1.11. The molecular formula is C13H18FNO2. The lowest BCUT2D eigenvalue weighted by Crippen LogP contribution is -2.18. The molecule has 0 aliphatic carbocycles. The van der Waals surface area contributed by atoms with Crippen molar-refractivity contribution in [3.8, 4) is 0 Å². The fourth-order valence-electron chi connectivity index (χ4n) is 1.71. The smallest absolute Gasteiger partial charge is 0.335 e. The van der Waals surface area contributed by atoms with Crippen molar-refractivity contribution >= 4 is 11.7 Å². The average molecular weight is 239 g/mol. The van der Waals surface area contributed by atoms with E-state index < -0.39 is 11.8 Å². The molecule has 1 rings (SSSR count). The van der Waals surface area contributed by atoms with Crippen molar-refractivity contribution in [1.29, 1.82) is 0 Å². The molecule has 3 nitrogen and oxygen atoms in total. The van der Waals surface area contributed by atoms with E-state index in [-0.39, 0.29) is 11.6 Å². The van der Waals surface area contributed by atoms with Gasteiger partial charge in [0.2, 0.25) is 0 Å². The van der Waals surface area contributed by atoms with Crippen LogP contribution in [-0.4, -0.2) is 17.1 Å². The van der Waals surface area contributed by atoms with E-state index in [9.17, 15) is 9.18 Å². The van der Waals surface area contributed by atoms with Crippen LogP contribution in [0.15, 0.2) is 18.2 Å². The largest absolute Gasteiger partial charge is 0.478 e. The second-order valence-corrected chi connectivity index (χ2v) is 4.04. The van der Waals surface area contributed by atoms with Crippen LogP contribution in [0, 0.1) is 5.82 Å². The molecule has 2 N–H and O–H groups in total. The van der Waals surface area contributed by atoms with E-state index in [2.05, 4.69) is 12.2 Å². The minimum Gasteiger partial charge on any atom is -0.478 e. The molecule has 17 heavy (non-hydrogen) atoms. The maximum atomic E-state index is 13.6. The molecule has 0 saturated heterocycles. The first-order valence-corrected chi connectivity index (χ1v) is 5.87. The lowest BCUT2D eigenvalue weighted by atomic mass is 10.1. The number of rotatable bonds is 6. The molecule has 0 aliphatic heterocycles. The minimum absolute atomic E-state index is 0.0309. The van der Waals surface area contributed by atoms with Crippen molar-refractivity contribution in [3.05, 3.63) is 29.6 Å². The number of anilines is 1. The molecule has 0 radical (unpaired) electrons. The molecular weight excluding hydrogens is 221 g/mol. The summed E-state index contributed by atoms with van der Waals surface area (Å²) in [5.74, 6) is -1.63. The van der Waals surface area contributed by atoms with Gasteiger partial charge < -0.3 is 10.4 Å². The Hall–Kier alpha value is -1.58. The van der Waals surface area contributed by atoms with Crippen LogP contribution >= 0.6 is 0 Å². The van der Waals surface area contributed by atoms with Gasteiger partial charge in [-0.3, -0.25) is 0 Å². The van der Waals surface area contributed by atoms with Crippen molar-refractivity contribution in [2.75, 3.05) is 5.32 Å². The van der Waals surface area contributed by atoms with Gasteiger partial charge >= 0.3 is 5.97 Å². The fourth-order valence-corrected chi connectivity index (χ4v) is 1.71. The highest BCUT2D eigenvalue weighted by atomic mass is 19.1. The molecule has 0 aromatic heterocycles. The van der Waals surface area contributed by atoms with Gasteiger partial charge in [-0.15, -0.1) is 0 Å². The zero-order chi connectivity index (χ0) is 12.8. The SMILES string of the molecule is CCCC(CC)Nc1ccc(C(=O)O)cc1F. The average Bonchev–Trinajstić information content (AvgIpc) is 2.30. The number of carboxylic acids is 1. The molecule has 0 aliphatic rings. The summed E-state index contributed by atoms with van der Waals surface area (Å²) in [4.78, 5) is 10.7. The number of nitrogens with one attached hydrogen (secondary N) is 1. The monoisotopic (exact) mass is 239 g/mol. The molecule has 0 amide bonds. The topological polar surface area (TPSA) is 49.3 Å². The standard InChI is InChI=1S/C13H18FNO2/c1-3-5-10(4-2)15-12-7-6-9(13(16)17)8-11(12)14/h6-8,10,15H,3-5H2,1-2H3,(H,16,17). The third-order valence-electron chi connectivity index (χ3n) is 2.71. The number of benzene rings is 1. The molecule has 0 heterocycles. The van der Waals surface area contributed by atoms with Crippen LogP contribution in [-0.2, 0) is 0 Å². The van der Waals surface area contributed by atoms with Crippen LogP contribution in [0.25, 0.3) is 0 Å². The van der Waals surface area contributed by atoms with Crippen LogP contribution in [0.1, 0.15) is 43.5 Å². The van der Waals surface area contributed by atoms with Crippen LogP contribution < -0.4 is 5.32 Å². The van der Waals surface area contributed by atoms with E-state index in [1.165, 1.54) is 12.1 Å². The summed E-state index contributed by atoms with van der Waals surface area (Å²) >= 11 is 0. The summed E-state index contributed by atoms with van der Waals surface area (Å²) in [7, 11) is 0. The van der Waals surface area contributed by atoms with Gasteiger partial charge in [0.05, 0.1) is 11.3 Å². The summed E-state index contributed by atoms with van der Waals surface area (Å²) in [6, 6.07) is 4.16.